The summed E-state index contributed by atoms with van der Waals surface area (Å²) in [4.78, 5) is 24.2. The van der Waals surface area contributed by atoms with E-state index < -0.39 is 53.8 Å². The lowest BCUT2D eigenvalue weighted by Gasteiger charge is -2.19. The molecule has 0 spiro atoms. The van der Waals surface area contributed by atoms with Crippen LogP contribution >= 0.6 is 0 Å². The monoisotopic (exact) mass is 312 g/mol. The molecule has 0 amide bonds. The van der Waals surface area contributed by atoms with Gasteiger partial charge >= 0.3 is 11.9 Å². The van der Waals surface area contributed by atoms with Gasteiger partial charge in [-0.1, -0.05) is 0 Å². The van der Waals surface area contributed by atoms with Crippen molar-refractivity contribution in [1.29, 1.82) is 0 Å². The van der Waals surface area contributed by atoms with Crippen LogP contribution in [0.15, 0.2) is 15.8 Å². The Labute approximate surface area is 114 Å². The number of rotatable bonds is 2. The lowest BCUT2D eigenvalue weighted by atomic mass is 10.1. The zero-order valence-electron chi connectivity index (χ0n) is 10.5. The molecule has 0 aliphatic heterocycles. The van der Waals surface area contributed by atoms with Crippen LogP contribution in [-0.2, 0) is 6.18 Å². The van der Waals surface area contributed by atoms with Crippen molar-refractivity contribution in [3.63, 3.8) is 0 Å². The van der Waals surface area contributed by atoms with E-state index in [4.69, 9.17) is 5.11 Å². The number of alkyl halides is 4. The van der Waals surface area contributed by atoms with Crippen LogP contribution in [0.2, 0.25) is 0 Å². The second-order valence-electron chi connectivity index (χ2n) is 4.87. The molecule has 4 atom stereocenters. The van der Waals surface area contributed by atoms with Crippen molar-refractivity contribution in [2.75, 3.05) is 6.61 Å². The second-order valence-corrected chi connectivity index (χ2v) is 4.87. The highest BCUT2D eigenvalue weighted by Crippen LogP contribution is 2.37. The van der Waals surface area contributed by atoms with Crippen molar-refractivity contribution in [1.82, 2.24) is 9.55 Å². The van der Waals surface area contributed by atoms with Crippen LogP contribution in [0.1, 0.15) is 18.0 Å². The largest absolute Gasteiger partial charge is 0.423 e. The normalized spacial score (nSPS) is 29.8. The van der Waals surface area contributed by atoms with Crippen LogP contribution in [0.5, 0.6) is 0 Å². The number of aromatic nitrogens is 2. The minimum atomic E-state index is -5.00. The first-order valence-corrected chi connectivity index (χ1v) is 6.02. The highest BCUT2D eigenvalue weighted by molar-refractivity contribution is 5.10. The Morgan fingerprint density at radius 3 is 2.48 bits per heavy atom. The third kappa shape index (κ3) is 2.72. The van der Waals surface area contributed by atoms with Gasteiger partial charge in [0.2, 0.25) is 0 Å². The maximum Gasteiger partial charge on any atom is 0.423 e. The summed E-state index contributed by atoms with van der Waals surface area (Å²) in [5.74, 6) is -1.19. The number of aliphatic hydroxyl groups excluding tert-OH is 2. The predicted octanol–water partition coefficient (Wildman–Crippen LogP) is -0.192. The van der Waals surface area contributed by atoms with Crippen molar-refractivity contribution in [2.45, 2.75) is 30.9 Å². The van der Waals surface area contributed by atoms with Gasteiger partial charge in [-0.25, -0.2) is 9.18 Å². The molecule has 1 aliphatic rings. The van der Waals surface area contributed by atoms with Crippen LogP contribution in [0.25, 0.3) is 0 Å². The molecule has 21 heavy (non-hydrogen) atoms. The predicted molar refractivity (Wildman–Crippen MR) is 61.5 cm³/mol. The van der Waals surface area contributed by atoms with E-state index in [1.807, 2.05) is 0 Å². The molecule has 3 N–H and O–H groups in total. The third-order valence-corrected chi connectivity index (χ3v) is 3.60. The number of hydrogen-bond acceptors (Lipinski definition) is 4. The summed E-state index contributed by atoms with van der Waals surface area (Å²) in [6.07, 6.45) is -8.29. The highest BCUT2D eigenvalue weighted by atomic mass is 19.4. The van der Waals surface area contributed by atoms with Crippen molar-refractivity contribution in [3.05, 3.63) is 32.6 Å². The Morgan fingerprint density at radius 1 is 1.38 bits per heavy atom. The van der Waals surface area contributed by atoms with E-state index in [-0.39, 0.29) is 12.6 Å². The Bertz CT molecular complexity index is 638. The van der Waals surface area contributed by atoms with Crippen molar-refractivity contribution in [3.8, 4) is 0 Å². The Balaban J connectivity index is 2.51. The molecule has 10 heteroatoms. The SMILES string of the molecule is O=c1[nH]c(=O)n(C2CC(O)C(CO)C2F)cc1C(F)(F)F. The molecule has 118 valence electrons. The van der Waals surface area contributed by atoms with Gasteiger partial charge in [-0.15, -0.1) is 0 Å². The number of nitrogens with one attached hydrogen (secondary N) is 1. The van der Waals surface area contributed by atoms with Crippen molar-refractivity contribution >= 4 is 0 Å². The molecule has 0 aromatic carbocycles. The van der Waals surface area contributed by atoms with E-state index in [9.17, 15) is 32.3 Å². The minimum Gasteiger partial charge on any atom is -0.396 e. The van der Waals surface area contributed by atoms with Crippen molar-refractivity contribution in [2.24, 2.45) is 5.92 Å². The molecule has 0 radical (unpaired) electrons. The minimum absolute atomic E-state index is 0.241. The summed E-state index contributed by atoms with van der Waals surface area (Å²) in [6, 6.07) is -1.39. The molecule has 1 aromatic heterocycles. The van der Waals surface area contributed by atoms with Gasteiger partial charge in [-0.05, 0) is 6.42 Å². The molecule has 1 saturated carbocycles. The standard InChI is InChI=1S/C11H12F4N2O4/c12-8-4(3-18)7(19)1-6(8)17-2-5(11(13,14)15)9(20)16-10(17)21/h2,4,6-8,18-19H,1,3H2,(H,16,20,21). The Morgan fingerprint density at radius 2 is 2.00 bits per heavy atom. The fraction of sp³-hybridized carbons (Fsp3) is 0.636. The van der Waals surface area contributed by atoms with Gasteiger partial charge in [0.25, 0.3) is 5.56 Å². The average molecular weight is 312 g/mol. The quantitative estimate of drug-likeness (QED) is 0.660. The van der Waals surface area contributed by atoms with Crippen LogP contribution in [0, 0.1) is 5.92 Å². The smallest absolute Gasteiger partial charge is 0.396 e. The second kappa shape index (κ2) is 5.26. The molecule has 1 heterocycles. The Kier molecular flexibility index (Phi) is 3.93. The van der Waals surface area contributed by atoms with Gasteiger partial charge in [0, 0.05) is 12.1 Å². The molecule has 2 rings (SSSR count). The van der Waals surface area contributed by atoms with Crippen LogP contribution in [-0.4, -0.2) is 38.6 Å². The van der Waals surface area contributed by atoms with Gasteiger partial charge in [-0.3, -0.25) is 14.3 Å². The topological polar surface area (TPSA) is 95.3 Å². The van der Waals surface area contributed by atoms with E-state index in [1.165, 1.54) is 4.98 Å². The first-order chi connectivity index (χ1) is 9.66. The van der Waals surface area contributed by atoms with Gasteiger partial charge in [0.05, 0.1) is 18.8 Å². The fourth-order valence-corrected chi connectivity index (χ4v) is 2.47. The maximum absolute atomic E-state index is 14.0. The summed E-state index contributed by atoms with van der Waals surface area (Å²) in [6.45, 7) is -0.705. The van der Waals surface area contributed by atoms with E-state index in [2.05, 4.69) is 0 Å². The lowest BCUT2D eigenvalue weighted by Crippen LogP contribution is -2.38. The van der Waals surface area contributed by atoms with E-state index >= 15 is 0 Å². The lowest BCUT2D eigenvalue weighted by molar-refractivity contribution is -0.139. The molecule has 1 aliphatic carbocycles. The number of nitrogens with zero attached hydrogens (tertiary/aromatic N) is 1. The number of hydrogen-bond donors (Lipinski definition) is 3. The summed E-state index contributed by atoms with van der Waals surface area (Å²) >= 11 is 0. The summed E-state index contributed by atoms with van der Waals surface area (Å²) in [7, 11) is 0. The molecule has 0 saturated heterocycles. The Hall–Kier alpha value is -1.68. The van der Waals surface area contributed by atoms with Crippen molar-refractivity contribution < 1.29 is 27.8 Å². The van der Waals surface area contributed by atoms with Gasteiger partial charge < -0.3 is 10.2 Å². The van der Waals surface area contributed by atoms with Crippen LogP contribution < -0.4 is 11.2 Å². The van der Waals surface area contributed by atoms with E-state index in [1.54, 1.807) is 0 Å². The molecular formula is C11H12F4N2O4. The number of halogens is 4. The van der Waals surface area contributed by atoms with Crippen LogP contribution in [0.4, 0.5) is 17.6 Å². The summed E-state index contributed by atoms with van der Waals surface area (Å²) < 4.78 is 52.4. The molecule has 4 unspecified atom stereocenters. The third-order valence-electron chi connectivity index (χ3n) is 3.60. The maximum atomic E-state index is 14.0. The molecule has 0 bridgehead atoms. The van der Waals surface area contributed by atoms with Crippen LogP contribution in [0.3, 0.4) is 0 Å². The molecule has 6 nitrogen and oxygen atoms in total. The first kappa shape index (κ1) is 15.7. The zero-order chi connectivity index (χ0) is 15.9. The molecular weight excluding hydrogens is 300 g/mol. The number of H-pyrrole nitrogens is 1. The highest BCUT2D eigenvalue weighted by Gasteiger charge is 2.45. The fourth-order valence-electron chi connectivity index (χ4n) is 2.47. The van der Waals surface area contributed by atoms with Gasteiger partial charge in [0.1, 0.15) is 11.7 Å². The zero-order valence-corrected chi connectivity index (χ0v) is 10.5. The van der Waals surface area contributed by atoms with Gasteiger partial charge in [-0.2, -0.15) is 13.2 Å². The number of aliphatic hydroxyl groups is 2. The average Bonchev–Trinajstić information content (AvgIpc) is 2.62. The van der Waals surface area contributed by atoms with E-state index in [0.29, 0.717) is 4.57 Å². The molecule has 1 aromatic rings. The van der Waals surface area contributed by atoms with Gasteiger partial charge in [0.15, 0.2) is 0 Å². The summed E-state index contributed by atoms with van der Waals surface area (Å²) in [5.41, 5.74) is -4.45. The molecule has 1 fully saturated rings. The number of aromatic amines is 1. The summed E-state index contributed by atoms with van der Waals surface area (Å²) in [5, 5.41) is 18.5. The first-order valence-electron chi connectivity index (χ1n) is 6.02. The van der Waals surface area contributed by atoms with E-state index in [0.717, 1.165) is 0 Å².